The molecular formula is C15H22N2O2. The summed E-state index contributed by atoms with van der Waals surface area (Å²) in [6, 6.07) is 6.20. The maximum Gasteiger partial charge on any atom is 0.161 e. The van der Waals surface area contributed by atoms with Gasteiger partial charge in [-0.2, -0.15) is 0 Å². The average molecular weight is 262 g/mol. The first-order valence-electron chi connectivity index (χ1n) is 6.86. The van der Waals surface area contributed by atoms with Crippen molar-refractivity contribution < 1.29 is 9.47 Å². The summed E-state index contributed by atoms with van der Waals surface area (Å²) >= 11 is 0. The molecule has 1 aromatic rings. The van der Waals surface area contributed by atoms with Crippen LogP contribution in [-0.4, -0.2) is 31.3 Å². The second-order valence-electron chi connectivity index (χ2n) is 4.39. The van der Waals surface area contributed by atoms with Gasteiger partial charge in [0.05, 0.1) is 19.9 Å². The fourth-order valence-electron chi connectivity index (χ4n) is 2.06. The zero-order valence-corrected chi connectivity index (χ0v) is 11.7. The van der Waals surface area contributed by atoms with Gasteiger partial charge in [-0.05, 0) is 38.0 Å². The van der Waals surface area contributed by atoms with Gasteiger partial charge in [0.25, 0.3) is 0 Å². The fourth-order valence-corrected chi connectivity index (χ4v) is 2.06. The average Bonchev–Trinajstić information content (AvgIpc) is 2.93. The Kier molecular flexibility index (Phi) is 4.95. The van der Waals surface area contributed by atoms with Gasteiger partial charge in [0.2, 0.25) is 0 Å². The van der Waals surface area contributed by atoms with Gasteiger partial charge in [0.1, 0.15) is 0 Å². The predicted octanol–water partition coefficient (Wildman–Crippen LogP) is 2.36. The van der Waals surface area contributed by atoms with Crippen LogP contribution in [0.2, 0.25) is 0 Å². The highest BCUT2D eigenvalue weighted by atomic mass is 16.5. The standard InChI is InChI=1S/C15H22N2O2/c1-3-18-14-6-5-13(11-15(14)19-4-2)7-9-17-10-8-16-12-17/h5-6,8,10-11,16H,3-4,7,9,12H2,1-2H3. The fraction of sp³-hybridized carbons (Fsp3) is 0.467. The summed E-state index contributed by atoms with van der Waals surface area (Å²) in [5, 5.41) is 3.17. The lowest BCUT2D eigenvalue weighted by Crippen LogP contribution is -2.22. The Bertz CT molecular complexity index is 432. The SMILES string of the molecule is CCOc1ccc(CCN2C=CNC2)cc1OCC. The Labute approximate surface area is 115 Å². The van der Waals surface area contributed by atoms with Crippen LogP contribution in [0.1, 0.15) is 19.4 Å². The molecule has 4 heteroatoms. The number of nitrogens with zero attached hydrogens (tertiary/aromatic N) is 1. The first-order valence-corrected chi connectivity index (χ1v) is 6.86. The molecule has 0 radical (unpaired) electrons. The van der Waals surface area contributed by atoms with Crippen molar-refractivity contribution in [2.24, 2.45) is 0 Å². The van der Waals surface area contributed by atoms with Crippen molar-refractivity contribution in [2.75, 3.05) is 26.4 Å². The number of ether oxygens (including phenoxy) is 2. The van der Waals surface area contributed by atoms with Gasteiger partial charge in [-0.15, -0.1) is 0 Å². The van der Waals surface area contributed by atoms with E-state index in [1.807, 2.05) is 26.1 Å². The number of nitrogens with one attached hydrogen (secondary N) is 1. The lowest BCUT2D eigenvalue weighted by molar-refractivity contribution is 0.287. The maximum atomic E-state index is 5.64. The molecule has 0 aromatic heterocycles. The van der Waals surface area contributed by atoms with Crippen molar-refractivity contribution in [1.29, 1.82) is 0 Å². The first-order chi connectivity index (χ1) is 9.33. The van der Waals surface area contributed by atoms with E-state index in [-0.39, 0.29) is 0 Å². The molecule has 1 N–H and O–H groups in total. The molecule has 0 saturated carbocycles. The molecule has 2 rings (SSSR count). The Balaban J connectivity index is 1.99. The third-order valence-electron chi connectivity index (χ3n) is 2.99. The Hall–Kier alpha value is -1.84. The minimum absolute atomic E-state index is 0.655. The van der Waals surface area contributed by atoms with Gasteiger partial charge < -0.3 is 19.7 Å². The van der Waals surface area contributed by atoms with Gasteiger partial charge >= 0.3 is 0 Å². The van der Waals surface area contributed by atoms with Gasteiger partial charge in [-0.1, -0.05) is 6.07 Å². The summed E-state index contributed by atoms with van der Waals surface area (Å²) in [7, 11) is 0. The topological polar surface area (TPSA) is 33.7 Å². The van der Waals surface area contributed by atoms with Crippen molar-refractivity contribution in [1.82, 2.24) is 10.2 Å². The quantitative estimate of drug-likeness (QED) is 0.818. The van der Waals surface area contributed by atoms with Crippen molar-refractivity contribution >= 4 is 0 Å². The summed E-state index contributed by atoms with van der Waals surface area (Å²) in [6.45, 7) is 7.18. The van der Waals surface area contributed by atoms with Crippen LogP contribution >= 0.6 is 0 Å². The summed E-state index contributed by atoms with van der Waals surface area (Å²) in [5.74, 6) is 1.67. The Morgan fingerprint density at radius 2 is 1.95 bits per heavy atom. The second-order valence-corrected chi connectivity index (χ2v) is 4.39. The van der Waals surface area contributed by atoms with Crippen LogP contribution in [0.15, 0.2) is 30.6 Å². The third-order valence-corrected chi connectivity index (χ3v) is 2.99. The molecule has 104 valence electrons. The molecule has 0 bridgehead atoms. The normalized spacial score (nSPS) is 13.5. The predicted molar refractivity (Wildman–Crippen MR) is 76.3 cm³/mol. The first kappa shape index (κ1) is 13.6. The molecule has 0 atom stereocenters. The van der Waals surface area contributed by atoms with Crippen LogP contribution < -0.4 is 14.8 Å². The second kappa shape index (κ2) is 6.92. The minimum atomic E-state index is 0.655. The summed E-state index contributed by atoms with van der Waals surface area (Å²) in [6.07, 6.45) is 5.06. The number of rotatable bonds is 7. The highest BCUT2D eigenvalue weighted by Crippen LogP contribution is 2.28. The molecule has 4 nitrogen and oxygen atoms in total. The molecule has 0 amide bonds. The smallest absolute Gasteiger partial charge is 0.161 e. The van der Waals surface area contributed by atoms with E-state index in [1.54, 1.807) is 0 Å². The lowest BCUT2D eigenvalue weighted by atomic mass is 10.1. The van der Waals surface area contributed by atoms with Crippen LogP contribution in [0.3, 0.4) is 0 Å². The van der Waals surface area contributed by atoms with Gasteiger partial charge in [-0.3, -0.25) is 0 Å². The van der Waals surface area contributed by atoms with Crippen molar-refractivity contribution in [3.63, 3.8) is 0 Å². The number of hydrogen-bond donors (Lipinski definition) is 1. The molecule has 19 heavy (non-hydrogen) atoms. The van der Waals surface area contributed by atoms with Gasteiger partial charge in [0, 0.05) is 18.9 Å². The molecule has 1 aliphatic heterocycles. The molecule has 1 heterocycles. The third kappa shape index (κ3) is 3.81. The van der Waals surface area contributed by atoms with Crippen LogP contribution in [0.5, 0.6) is 11.5 Å². The molecule has 0 spiro atoms. The number of hydrogen-bond acceptors (Lipinski definition) is 4. The lowest BCUT2D eigenvalue weighted by Gasteiger charge is -2.16. The molecule has 0 unspecified atom stereocenters. The highest BCUT2D eigenvalue weighted by molar-refractivity contribution is 5.43. The van der Waals surface area contributed by atoms with Crippen molar-refractivity contribution in [3.8, 4) is 11.5 Å². The maximum absolute atomic E-state index is 5.64. The van der Waals surface area contributed by atoms with E-state index in [4.69, 9.17) is 9.47 Å². The van der Waals surface area contributed by atoms with Gasteiger partial charge in [-0.25, -0.2) is 0 Å². The summed E-state index contributed by atoms with van der Waals surface area (Å²) < 4.78 is 11.2. The van der Waals surface area contributed by atoms with Crippen LogP contribution in [0, 0.1) is 0 Å². The molecule has 1 aliphatic rings. The molecule has 0 aliphatic carbocycles. The molecular weight excluding hydrogens is 240 g/mol. The van der Waals surface area contributed by atoms with E-state index >= 15 is 0 Å². The summed E-state index contributed by atoms with van der Waals surface area (Å²) in [4.78, 5) is 2.25. The van der Waals surface area contributed by atoms with E-state index in [0.29, 0.717) is 13.2 Å². The zero-order chi connectivity index (χ0) is 13.5. The largest absolute Gasteiger partial charge is 0.490 e. The molecule has 0 fully saturated rings. The van der Waals surface area contributed by atoms with Crippen LogP contribution in [-0.2, 0) is 6.42 Å². The van der Waals surface area contributed by atoms with E-state index in [2.05, 4.69) is 28.5 Å². The molecule has 1 aromatic carbocycles. The Morgan fingerprint density at radius 3 is 2.63 bits per heavy atom. The van der Waals surface area contributed by atoms with Crippen molar-refractivity contribution in [3.05, 3.63) is 36.2 Å². The minimum Gasteiger partial charge on any atom is -0.490 e. The number of benzene rings is 1. The van der Waals surface area contributed by atoms with Crippen LogP contribution in [0.25, 0.3) is 0 Å². The van der Waals surface area contributed by atoms with Gasteiger partial charge in [0.15, 0.2) is 11.5 Å². The van der Waals surface area contributed by atoms with Crippen molar-refractivity contribution in [2.45, 2.75) is 20.3 Å². The van der Waals surface area contributed by atoms with E-state index in [9.17, 15) is 0 Å². The van der Waals surface area contributed by atoms with E-state index in [0.717, 1.165) is 31.1 Å². The monoisotopic (exact) mass is 262 g/mol. The Morgan fingerprint density at radius 1 is 1.16 bits per heavy atom. The van der Waals surface area contributed by atoms with Crippen LogP contribution in [0.4, 0.5) is 0 Å². The summed E-state index contributed by atoms with van der Waals surface area (Å²) in [5.41, 5.74) is 1.27. The highest BCUT2D eigenvalue weighted by Gasteiger charge is 2.08. The zero-order valence-electron chi connectivity index (χ0n) is 11.7. The van der Waals surface area contributed by atoms with E-state index in [1.165, 1.54) is 5.56 Å². The van der Waals surface area contributed by atoms with E-state index < -0.39 is 0 Å². The molecule has 0 saturated heterocycles.